The van der Waals surface area contributed by atoms with E-state index in [2.05, 4.69) is 15.4 Å². The molecule has 1 atom stereocenters. The first-order valence-electron chi connectivity index (χ1n) is 8.97. The van der Waals surface area contributed by atoms with Crippen molar-refractivity contribution in [1.29, 1.82) is 0 Å². The number of para-hydroxylation sites is 1. The lowest BCUT2D eigenvalue weighted by atomic mass is 10.1. The maximum atomic E-state index is 12.9. The van der Waals surface area contributed by atoms with E-state index in [4.69, 9.17) is 4.74 Å². The van der Waals surface area contributed by atoms with Crippen molar-refractivity contribution in [3.63, 3.8) is 0 Å². The van der Waals surface area contributed by atoms with Crippen molar-refractivity contribution < 1.29 is 9.53 Å². The molecule has 1 saturated heterocycles. The number of tetrazole rings is 1. The molecule has 0 aliphatic carbocycles. The van der Waals surface area contributed by atoms with E-state index < -0.39 is 0 Å². The zero-order chi connectivity index (χ0) is 18.6. The zero-order valence-corrected chi connectivity index (χ0v) is 15.9. The van der Waals surface area contributed by atoms with Crippen molar-refractivity contribution in [2.24, 2.45) is 0 Å². The Kier molecular flexibility index (Phi) is 5.15. The maximum Gasteiger partial charge on any atom is 0.227 e. The number of amides is 1. The lowest BCUT2D eigenvalue weighted by Gasteiger charge is -2.24. The number of rotatable bonds is 6. The summed E-state index contributed by atoms with van der Waals surface area (Å²) in [5.41, 5.74) is 0.912. The van der Waals surface area contributed by atoms with Crippen LogP contribution in [0, 0.1) is 0 Å². The molecule has 1 aliphatic rings. The van der Waals surface area contributed by atoms with Gasteiger partial charge in [0.15, 0.2) is 0 Å². The number of methoxy groups -OCH3 is 1. The van der Waals surface area contributed by atoms with Crippen molar-refractivity contribution in [1.82, 2.24) is 25.1 Å². The number of benzene rings is 1. The number of carbonyl (C=O) groups excluding carboxylic acids is 1. The first-order valence-corrected chi connectivity index (χ1v) is 9.85. The Hall–Kier alpha value is -2.74. The molecule has 1 fully saturated rings. The zero-order valence-electron chi connectivity index (χ0n) is 15.1. The molecule has 140 valence electrons. The molecule has 0 spiro atoms. The van der Waals surface area contributed by atoms with Crippen LogP contribution in [-0.2, 0) is 17.8 Å². The van der Waals surface area contributed by atoms with Crippen molar-refractivity contribution in [3.05, 3.63) is 47.3 Å². The summed E-state index contributed by atoms with van der Waals surface area (Å²) in [5, 5.41) is 14.8. The number of thiophene rings is 1. The van der Waals surface area contributed by atoms with Gasteiger partial charge in [-0.15, -0.1) is 21.5 Å². The van der Waals surface area contributed by atoms with Crippen LogP contribution in [0.5, 0.6) is 5.75 Å². The average Bonchev–Trinajstić information content (AvgIpc) is 3.44. The van der Waals surface area contributed by atoms with Crippen LogP contribution < -0.4 is 4.74 Å². The van der Waals surface area contributed by atoms with Gasteiger partial charge in [-0.05, 0) is 35.6 Å². The number of hydrogen-bond donors (Lipinski definition) is 0. The van der Waals surface area contributed by atoms with Crippen LogP contribution in [0.4, 0.5) is 0 Å². The molecule has 0 saturated carbocycles. The first kappa shape index (κ1) is 17.7. The highest BCUT2D eigenvalue weighted by molar-refractivity contribution is 7.13. The van der Waals surface area contributed by atoms with E-state index in [1.165, 1.54) is 0 Å². The monoisotopic (exact) mass is 383 g/mol. The Labute approximate surface area is 161 Å². The normalized spacial score (nSPS) is 16.6. The van der Waals surface area contributed by atoms with Crippen LogP contribution in [0.25, 0.3) is 10.7 Å². The summed E-state index contributed by atoms with van der Waals surface area (Å²) in [6, 6.07) is 11.7. The molecule has 0 N–H and O–H groups in total. The largest absolute Gasteiger partial charge is 0.496 e. The van der Waals surface area contributed by atoms with Crippen molar-refractivity contribution in [3.8, 4) is 16.5 Å². The van der Waals surface area contributed by atoms with E-state index in [0.717, 1.165) is 35.6 Å². The van der Waals surface area contributed by atoms with Crippen molar-refractivity contribution in [2.75, 3.05) is 13.7 Å². The molecule has 4 rings (SSSR count). The molecular formula is C19H21N5O2S. The lowest BCUT2D eigenvalue weighted by Crippen LogP contribution is -2.39. The fourth-order valence-corrected chi connectivity index (χ4v) is 4.13. The fraction of sp³-hybridized carbons (Fsp3) is 0.368. The van der Waals surface area contributed by atoms with Gasteiger partial charge in [-0.1, -0.05) is 24.3 Å². The van der Waals surface area contributed by atoms with Gasteiger partial charge in [-0.25, -0.2) is 0 Å². The second kappa shape index (κ2) is 7.87. The van der Waals surface area contributed by atoms with E-state index in [-0.39, 0.29) is 11.9 Å². The Morgan fingerprint density at radius 2 is 2.19 bits per heavy atom. The highest BCUT2D eigenvalue weighted by atomic mass is 32.1. The van der Waals surface area contributed by atoms with Crippen LogP contribution >= 0.6 is 11.3 Å². The predicted molar refractivity (Wildman–Crippen MR) is 103 cm³/mol. The summed E-state index contributed by atoms with van der Waals surface area (Å²) >= 11 is 1.59. The summed E-state index contributed by atoms with van der Waals surface area (Å²) in [6.45, 7) is 1.33. The molecule has 1 aromatic carbocycles. The average molecular weight is 383 g/mol. The van der Waals surface area contributed by atoms with Gasteiger partial charge in [-0.2, -0.15) is 4.80 Å². The topological polar surface area (TPSA) is 73.1 Å². The van der Waals surface area contributed by atoms with Crippen LogP contribution in [0.15, 0.2) is 41.8 Å². The molecule has 3 aromatic rings. The third-order valence-corrected chi connectivity index (χ3v) is 5.67. The molecule has 27 heavy (non-hydrogen) atoms. The Morgan fingerprint density at radius 3 is 3.00 bits per heavy atom. The number of hydrogen-bond acceptors (Lipinski definition) is 6. The van der Waals surface area contributed by atoms with Gasteiger partial charge < -0.3 is 9.64 Å². The minimum Gasteiger partial charge on any atom is -0.496 e. The van der Waals surface area contributed by atoms with Gasteiger partial charge in [-0.3, -0.25) is 4.79 Å². The molecule has 2 aromatic heterocycles. The SMILES string of the molecule is COc1ccccc1CC(=O)N1CCC[C@H]1Cn1nnc(-c2cccs2)n1. The minimum atomic E-state index is 0.0950. The molecule has 0 unspecified atom stereocenters. The lowest BCUT2D eigenvalue weighted by molar-refractivity contribution is -0.131. The maximum absolute atomic E-state index is 12.9. The molecule has 7 nitrogen and oxygen atoms in total. The predicted octanol–water partition coefficient (Wildman–Crippen LogP) is 2.64. The minimum absolute atomic E-state index is 0.0950. The number of aromatic nitrogens is 4. The Balaban J connectivity index is 1.43. The summed E-state index contributed by atoms with van der Waals surface area (Å²) in [5.74, 6) is 1.50. The van der Waals surface area contributed by atoms with E-state index >= 15 is 0 Å². The number of nitrogens with zero attached hydrogens (tertiary/aromatic N) is 5. The highest BCUT2D eigenvalue weighted by Gasteiger charge is 2.30. The van der Waals surface area contributed by atoms with Gasteiger partial charge in [0.05, 0.1) is 31.0 Å². The van der Waals surface area contributed by atoms with Crippen molar-refractivity contribution >= 4 is 17.2 Å². The summed E-state index contributed by atoms with van der Waals surface area (Å²) in [4.78, 5) is 17.4. The van der Waals surface area contributed by atoms with Gasteiger partial charge in [0.2, 0.25) is 11.7 Å². The number of carbonyl (C=O) groups is 1. The highest BCUT2D eigenvalue weighted by Crippen LogP contribution is 2.24. The molecule has 0 bridgehead atoms. The van der Waals surface area contributed by atoms with E-state index in [1.54, 1.807) is 23.2 Å². The van der Waals surface area contributed by atoms with Gasteiger partial charge in [0.25, 0.3) is 0 Å². The quantitative estimate of drug-likeness (QED) is 0.654. The molecule has 1 aliphatic heterocycles. The van der Waals surface area contributed by atoms with E-state index in [1.807, 2.05) is 46.7 Å². The third kappa shape index (κ3) is 3.85. The van der Waals surface area contributed by atoms with E-state index in [9.17, 15) is 4.79 Å². The van der Waals surface area contributed by atoms with Crippen LogP contribution in [-0.4, -0.2) is 50.7 Å². The Bertz CT molecular complexity index is 908. The van der Waals surface area contributed by atoms with Crippen LogP contribution in [0.3, 0.4) is 0 Å². The second-order valence-corrected chi connectivity index (χ2v) is 7.46. The molecule has 8 heteroatoms. The van der Waals surface area contributed by atoms with Gasteiger partial charge in [0.1, 0.15) is 5.75 Å². The van der Waals surface area contributed by atoms with Crippen LogP contribution in [0.1, 0.15) is 18.4 Å². The first-order chi connectivity index (χ1) is 13.2. The fourth-order valence-electron chi connectivity index (χ4n) is 3.48. The molecule has 0 radical (unpaired) electrons. The molecule has 3 heterocycles. The third-order valence-electron chi connectivity index (χ3n) is 4.80. The standard InChI is InChI=1S/C19H21N5O2S/c1-26-16-8-3-2-6-14(16)12-18(25)23-10-4-7-15(23)13-24-21-19(20-22-24)17-9-5-11-27-17/h2-3,5-6,8-9,11,15H,4,7,10,12-13H2,1H3/t15-/m0/s1. The van der Waals surface area contributed by atoms with Crippen LogP contribution in [0.2, 0.25) is 0 Å². The Morgan fingerprint density at radius 1 is 1.30 bits per heavy atom. The van der Waals surface area contributed by atoms with Gasteiger partial charge >= 0.3 is 0 Å². The summed E-state index contributed by atoms with van der Waals surface area (Å²) in [6.07, 6.45) is 2.29. The van der Waals surface area contributed by atoms with Gasteiger partial charge in [0, 0.05) is 12.1 Å². The number of likely N-dealkylation sites (tertiary alicyclic amines) is 1. The number of ether oxygens (including phenoxy) is 1. The summed E-state index contributed by atoms with van der Waals surface area (Å²) < 4.78 is 5.37. The molecule has 1 amide bonds. The molecular weight excluding hydrogens is 362 g/mol. The smallest absolute Gasteiger partial charge is 0.227 e. The summed E-state index contributed by atoms with van der Waals surface area (Å²) in [7, 11) is 1.63. The van der Waals surface area contributed by atoms with Crippen molar-refractivity contribution in [2.45, 2.75) is 31.8 Å². The van der Waals surface area contributed by atoms with E-state index in [0.29, 0.717) is 18.8 Å². The second-order valence-electron chi connectivity index (χ2n) is 6.52.